The number of carboxylic acid groups (broad SMARTS) is 1. The first kappa shape index (κ1) is 14.3. The van der Waals surface area contributed by atoms with E-state index in [1.807, 2.05) is 6.07 Å². The fraction of sp³-hybridized carbons (Fsp3) is 0.308. The van der Waals surface area contributed by atoms with Crippen molar-refractivity contribution in [3.63, 3.8) is 0 Å². The minimum absolute atomic E-state index is 0.153. The third kappa shape index (κ3) is 3.24. The van der Waals surface area contributed by atoms with Gasteiger partial charge in [-0.25, -0.2) is 9.78 Å². The maximum atomic E-state index is 11.9. The Kier molecular flexibility index (Phi) is 4.19. The van der Waals surface area contributed by atoms with Crippen molar-refractivity contribution in [3.8, 4) is 0 Å². The summed E-state index contributed by atoms with van der Waals surface area (Å²) in [5.74, 6) is -1.53. The number of nitrogens with one attached hydrogen (secondary N) is 1. The summed E-state index contributed by atoms with van der Waals surface area (Å²) in [6, 6.07) is 5.14. The zero-order chi connectivity index (χ0) is 14.7. The van der Waals surface area contributed by atoms with E-state index in [2.05, 4.69) is 10.3 Å². The predicted octanol–water partition coefficient (Wildman–Crippen LogP) is 2.48. The van der Waals surface area contributed by atoms with Crippen molar-refractivity contribution in [2.45, 2.75) is 6.92 Å². The van der Waals surface area contributed by atoms with Gasteiger partial charge in [-0.05, 0) is 18.2 Å². The molecule has 7 heteroatoms. The summed E-state index contributed by atoms with van der Waals surface area (Å²) in [4.78, 5) is 28.2. The van der Waals surface area contributed by atoms with Crippen molar-refractivity contribution in [2.24, 2.45) is 5.92 Å². The molecule has 0 bridgehead atoms. The largest absolute Gasteiger partial charge is 0.481 e. The molecule has 106 valence electrons. The normalized spacial score (nSPS) is 12.1. The molecule has 0 saturated heterocycles. The quantitative estimate of drug-likeness (QED) is 0.907. The van der Waals surface area contributed by atoms with E-state index in [-0.39, 0.29) is 12.6 Å². The molecule has 0 radical (unpaired) electrons. The minimum Gasteiger partial charge on any atom is -0.481 e. The summed E-state index contributed by atoms with van der Waals surface area (Å²) in [6.07, 6.45) is 0. The van der Waals surface area contributed by atoms with Crippen molar-refractivity contribution in [1.29, 1.82) is 0 Å². The van der Waals surface area contributed by atoms with Gasteiger partial charge in [0.1, 0.15) is 0 Å². The molecule has 0 aliphatic heterocycles. The topological polar surface area (TPSA) is 82.5 Å². The maximum absolute atomic E-state index is 11.9. The van der Waals surface area contributed by atoms with Crippen LogP contribution in [0.15, 0.2) is 23.7 Å². The first-order valence-electron chi connectivity index (χ1n) is 6.05. The highest BCUT2D eigenvalue weighted by Gasteiger charge is 2.17. The Hall–Kier alpha value is -2.15. The van der Waals surface area contributed by atoms with Gasteiger partial charge in [0.15, 0.2) is 0 Å². The number of fused-ring (bicyclic) bond motifs is 1. The molecule has 1 aromatic heterocycles. The minimum atomic E-state index is -0.923. The lowest BCUT2D eigenvalue weighted by Gasteiger charge is -2.20. The van der Waals surface area contributed by atoms with Crippen molar-refractivity contribution in [1.82, 2.24) is 9.88 Å². The highest BCUT2D eigenvalue weighted by atomic mass is 32.1. The molecular weight excluding hydrogens is 278 g/mol. The monoisotopic (exact) mass is 293 g/mol. The number of benzene rings is 1. The van der Waals surface area contributed by atoms with E-state index >= 15 is 0 Å². The van der Waals surface area contributed by atoms with Gasteiger partial charge in [-0.15, -0.1) is 11.3 Å². The first-order chi connectivity index (χ1) is 9.47. The molecule has 0 spiro atoms. The van der Waals surface area contributed by atoms with Crippen LogP contribution in [0, 0.1) is 5.92 Å². The third-order valence-electron chi connectivity index (χ3n) is 2.90. The molecule has 0 saturated carbocycles. The summed E-state index contributed by atoms with van der Waals surface area (Å²) in [6.45, 7) is 1.72. The average Bonchev–Trinajstić information content (AvgIpc) is 2.85. The van der Waals surface area contributed by atoms with Crippen LogP contribution in [0.25, 0.3) is 10.2 Å². The van der Waals surface area contributed by atoms with Crippen LogP contribution >= 0.6 is 11.3 Å². The number of rotatable bonds is 4. The molecule has 1 unspecified atom stereocenters. The van der Waals surface area contributed by atoms with Crippen molar-refractivity contribution in [3.05, 3.63) is 23.7 Å². The standard InChI is InChI=1S/C13H15N3O3S/c1-8(12(17)18)6-16(2)13(19)15-9-3-4-11-10(5-9)14-7-20-11/h3-5,7-8H,6H2,1-2H3,(H,15,19)(H,17,18). The van der Waals surface area contributed by atoms with Crippen LogP contribution in [0.2, 0.25) is 0 Å². The van der Waals surface area contributed by atoms with E-state index in [0.29, 0.717) is 5.69 Å². The number of nitrogens with zero attached hydrogens (tertiary/aromatic N) is 2. The summed E-state index contributed by atoms with van der Waals surface area (Å²) in [5, 5.41) is 11.6. The molecule has 2 amide bonds. The van der Waals surface area contributed by atoms with Crippen molar-refractivity contribution >= 4 is 39.2 Å². The smallest absolute Gasteiger partial charge is 0.321 e. The van der Waals surface area contributed by atoms with E-state index in [1.165, 1.54) is 16.2 Å². The summed E-state index contributed by atoms with van der Waals surface area (Å²) >= 11 is 1.53. The molecule has 2 rings (SSSR count). The molecule has 0 fully saturated rings. The van der Waals surface area contributed by atoms with Gasteiger partial charge in [0.2, 0.25) is 0 Å². The lowest BCUT2D eigenvalue weighted by atomic mass is 10.2. The van der Waals surface area contributed by atoms with Gasteiger partial charge >= 0.3 is 12.0 Å². The van der Waals surface area contributed by atoms with Crippen LogP contribution < -0.4 is 5.32 Å². The molecular formula is C13H15N3O3S. The van der Waals surface area contributed by atoms with Crippen LogP contribution in [0.4, 0.5) is 10.5 Å². The van der Waals surface area contributed by atoms with Crippen LogP contribution in [0.1, 0.15) is 6.92 Å². The molecule has 0 aliphatic carbocycles. The van der Waals surface area contributed by atoms with Gasteiger partial charge in [-0.1, -0.05) is 6.92 Å². The lowest BCUT2D eigenvalue weighted by Crippen LogP contribution is -2.36. The fourth-order valence-corrected chi connectivity index (χ4v) is 2.39. The predicted molar refractivity (Wildman–Crippen MR) is 78.1 cm³/mol. The molecule has 1 heterocycles. The van der Waals surface area contributed by atoms with Gasteiger partial charge in [0, 0.05) is 19.3 Å². The van der Waals surface area contributed by atoms with Gasteiger partial charge in [0.05, 0.1) is 21.6 Å². The Morgan fingerprint density at radius 2 is 2.25 bits per heavy atom. The Morgan fingerprint density at radius 3 is 2.95 bits per heavy atom. The average molecular weight is 293 g/mol. The Balaban J connectivity index is 2.01. The second-order valence-electron chi connectivity index (χ2n) is 4.58. The van der Waals surface area contributed by atoms with Crippen LogP contribution in [0.3, 0.4) is 0 Å². The van der Waals surface area contributed by atoms with E-state index in [1.54, 1.807) is 31.6 Å². The SMILES string of the molecule is CC(CN(C)C(=O)Nc1ccc2scnc2c1)C(=O)O. The fourth-order valence-electron chi connectivity index (χ4n) is 1.73. The van der Waals surface area contributed by atoms with Gasteiger partial charge in [0.25, 0.3) is 0 Å². The van der Waals surface area contributed by atoms with E-state index in [4.69, 9.17) is 5.11 Å². The molecule has 2 N–H and O–H groups in total. The number of thiazole rings is 1. The second kappa shape index (κ2) is 5.87. The highest BCUT2D eigenvalue weighted by Crippen LogP contribution is 2.21. The number of aromatic nitrogens is 1. The molecule has 2 aromatic rings. The van der Waals surface area contributed by atoms with Crippen LogP contribution in [-0.2, 0) is 4.79 Å². The maximum Gasteiger partial charge on any atom is 0.321 e. The van der Waals surface area contributed by atoms with Crippen molar-refractivity contribution < 1.29 is 14.7 Å². The van der Waals surface area contributed by atoms with Crippen LogP contribution in [0.5, 0.6) is 0 Å². The molecule has 1 atom stereocenters. The Bertz CT molecular complexity index is 641. The summed E-state index contributed by atoms with van der Waals surface area (Å²) < 4.78 is 1.05. The molecule has 20 heavy (non-hydrogen) atoms. The zero-order valence-electron chi connectivity index (χ0n) is 11.2. The number of urea groups is 1. The summed E-state index contributed by atoms with van der Waals surface area (Å²) in [7, 11) is 1.57. The van der Waals surface area contributed by atoms with Gasteiger partial charge in [-0.2, -0.15) is 0 Å². The van der Waals surface area contributed by atoms with E-state index in [9.17, 15) is 9.59 Å². The Morgan fingerprint density at radius 1 is 1.50 bits per heavy atom. The molecule has 0 aliphatic rings. The van der Waals surface area contributed by atoms with E-state index in [0.717, 1.165) is 10.2 Å². The number of carbonyl (C=O) groups is 2. The molecule has 6 nitrogen and oxygen atoms in total. The number of aliphatic carboxylic acids is 1. The first-order valence-corrected chi connectivity index (χ1v) is 6.93. The highest BCUT2D eigenvalue weighted by molar-refractivity contribution is 7.16. The number of carbonyl (C=O) groups excluding carboxylic acids is 1. The van der Waals surface area contributed by atoms with Gasteiger partial charge < -0.3 is 15.3 Å². The van der Waals surface area contributed by atoms with Gasteiger partial charge in [-0.3, -0.25) is 4.79 Å². The van der Waals surface area contributed by atoms with Crippen LogP contribution in [-0.4, -0.2) is 40.6 Å². The third-order valence-corrected chi connectivity index (χ3v) is 3.71. The zero-order valence-corrected chi connectivity index (χ0v) is 12.0. The number of amides is 2. The number of carboxylic acids is 1. The number of hydrogen-bond acceptors (Lipinski definition) is 4. The van der Waals surface area contributed by atoms with E-state index < -0.39 is 11.9 Å². The number of hydrogen-bond donors (Lipinski definition) is 2. The molecule has 1 aromatic carbocycles. The van der Waals surface area contributed by atoms with Crippen molar-refractivity contribution in [2.75, 3.05) is 18.9 Å². The summed E-state index contributed by atoms with van der Waals surface area (Å²) in [5.41, 5.74) is 3.22. The second-order valence-corrected chi connectivity index (χ2v) is 5.47. The lowest BCUT2D eigenvalue weighted by molar-refractivity contribution is -0.141. The Labute approximate surface area is 120 Å². The number of anilines is 1.